The molecule has 0 aliphatic rings. The van der Waals surface area contributed by atoms with E-state index in [1.807, 2.05) is 0 Å². The van der Waals surface area contributed by atoms with E-state index in [9.17, 15) is 0 Å². The van der Waals surface area contributed by atoms with Gasteiger partial charge in [0.2, 0.25) is 0 Å². The lowest BCUT2D eigenvalue weighted by molar-refractivity contribution is 0.313. The van der Waals surface area contributed by atoms with Crippen molar-refractivity contribution in [3.63, 3.8) is 0 Å². The van der Waals surface area contributed by atoms with Crippen molar-refractivity contribution in [1.29, 1.82) is 0 Å². The van der Waals surface area contributed by atoms with Crippen molar-refractivity contribution in [3.05, 3.63) is 28.3 Å². The summed E-state index contributed by atoms with van der Waals surface area (Å²) in [5, 5.41) is 0. The summed E-state index contributed by atoms with van der Waals surface area (Å²) in [7, 11) is 0. The molecule has 0 spiro atoms. The minimum absolute atomic E-state index is 0.0964. The lowest BCUT2D eigenvalue weighted by Gasteiger charge is -2.35. The molecule has 0 N–H and O–H groups in total. The highest BCUT2D eigenvalue weighted by molar-refractivity contribution is 5.56. The van der Waals surface area contributed by atoms with E-state index in [2.05, 4.69) is 68.4 Å². The molecule has 0 heterocycles. The van der Waals surface area contributed by atoms with Gasteiger partial charge in [0.1, 0.15) is 5.75 Å². The van der Waals surface area contributed by atoms with Crippen LogP contribution in [0.5, 0.6) is 5.75 Å². The van der Waals surface area contributed by atoms with Gasteiger partial charge in [-0.2, -0.15) is 0 Å². The predicted octanol–water partition coefficient (Wildman–Crippen LogP) is 6.59. The second kappa shape index (κ2) is 7.73. The van der Waals surface area contributed by atoms with Crippen molar-refractivity contribution in [3.8, 4) is 5.75 Å². The van der Waals surface area contributed by atoms with Crippen LogP contribution in [0.25, 0.3) is 0 Å². The first-order valence-corrected chi connectivity index (χ1v) is 9.46. The van der Waals surface area contributed by atoms with Crippen LogP contribution >= 0.6 is 0 Å². The topological polar surface area (TPSA) is 9.23 Å². The zero-order valence-electron chi connectivity index (χ0n) is 17.0. The monoisotopic (exact) mass is 318 g/mol. The van der Waals surface area contributed by atoms with E-state index in [4.69, 9.17) is 4.74 Å². The molecule has 0 atom stereocenters. The second-order valence-electron chi connectivity index (χ2n) is 8.30. The number of aryl methyl sites for hydroxylation is 2. The maximum absolute atomic E-state index is 6.31. The summed E-state index contributed by atoms with van der Waals surface area (Å²) in [6.07, 6.45) is 4.52. The number of hydrogen-bond acceptors (Lipinski definition) is 1. The van der Waals surface area contributed by atoms with E-state index in [1.54, 1.807) is 0 Å². The van der Waals surface area contributed by atoms with E-state index >= 15 is 0 Å². The first kappa shape index (κ1) is 20.1. The fourth-order valence-electron chi connectivity index (χ4n) is 3.93. The molecule has 1 aromatic rings. The summed E-state index contributed by atoms with van der Waals surface area (Å²) in [5.41, 5.74) is 6.03. The van der Waals surface area contributed by atoms with Crippen molar-refractivity contribution < 1.29 is 4.74 Å². The number of ether oxygens (including phenoxy) is 1. The molecule has 1 rings (SSSR count). The predicted molar refractivity (Wildman–Crippen MR) is 103 cm³/mol. The van der Waals surface area contributed by atoms with Gasteiger partial charge in [0.15, 0.2) is 0 Å². The molecule has 0 saturated carbocycles. The molecule has 0 bridgehead atoms. The molecule has 23 heavy (non-hydrogen) atoms. The average Bonchev–Trinajstić information content (AvgIpc) is 2.44. The summed E-state index contributed by atoms with van der Waals surface area (Å²) in [6, 6.07) is 2.45. The van der Waals surface area contributed by atoms with E-state index < -0.39 is 0 Å². The fourth-order valence-corrected chi connectivity index (χ4v) is 3.93. The Labute approximate surface area is 144 Å². The van der Waals surface area contributed by atoms with Gasteiger partial charge in [-0.15, -0.1) is 0 Å². The van der Waals surface area contributed by atoms with Crippen LogP contribution in [0.3, 0.4) is 0 Å². The molecule has 1 aromatic carbocycles. The highest BCUT2D eigenvalue weighted by Crippen LogP contribution is 2.45. The van der Waals surface area contributed by atoms with Gasteiger partial charge in [-0.3, -0.25) is 0 Å². The van der Waals surface area contributed by atoms with Crippen molar-refractivity contribution >= 4 is 0 Å². The van der Waals surface area contributed by atoms with Gasteiger partial charge in [-0.05, 0) is 48.1 Å². The van der Waals surface area contributed by atoms with Crippen LogP contribution in [0, 0.1) is 0 Å². The molecular weight excluding hydrogens is 280 g/mol. The Kier molecular flexibility index (Phi) is 6.74. The SMILES string of the molecule is CCCC(C)(C)c1c(CC)cc(CC)c(C(C)(C)C)c1OCC. The first-order chi connectivity index (χ1) is 10.6. The highest BCUT2D eigenvalue weighted by Gasteiger charge is 2.33. The van der Waals surface area contributed by atoms with E-state index in [1.165, 1.54) is 40.8 Å². The molecule has 0 unspecified atom stereocenters. The molecule has 0 fully saturated rings. The summed E-state index contributed by atoms with van der Waals surface area (Å²) in [6.45, 7) is 21.3. The van der Waals surface area contributed by atoms with Gasteiger partial charge in [0.05, 0.1) is 6.61 Å². The standard InChI is InChI=1S/C22H38O/c1-10-14-22(8,9)19-17(12-3)15-16(11-2)18(21(5,6)7)20(19)23-13-4/h15H,10-14H2,1-9H3. The molecular formula is C22H38O. The van der Waals surface area contributed by atoms with Gasteiger partial charge < -0.3 is 4.74 Å². The van der Waals surface area contributed by atoms with Crippen LogP contribution in [0.15, 0.2) is 6.07 Å². The average molecular weight is 319 g/mol. The Hall–Kier alpha value is -0.980. The third-order valence-electron chi connectivity index (χ3n) is 4.80. The molecule has 132 valence electrons. The van der Waals surface area contributed by atoms with Crippen LogP contribution in [0.1, 0.15) is 97.4 Å². The molecule has 1 nitrogen and oxygen atoms in total. The van der Waals surface area contributed by atoms with Gasteiger partial charge >= 0.3 is 0 Å². The van der Waals surface area contributed by atoms with E-state index in [0.717, 1.165) is 19.4 Å². The number of benzene rings is 1. The lowest BCUT2D eigenvalue weighted by Crippen LogP contribution is -2.25. The Balaban J connectivity index is 3.84. The largest absolute Gasteiger partial charge is 0.493 e. The second-order valence-corrected chi connectivity index (χ2v) is 8.30. The quantitative estimate of drug-likeness (QED) is 0.551. The number of rotatable bonds is 7. The summed E-state index contributed by atoms with van der Waals surface area (Å²) < 4.78 is 6.31. The summed E-state index contributed by atoms with van der Waals surface area (Å²) in [4.78, 5) is 0. The normalized spacial score (nSPS) is 12.6. The Bertz CT molecular complexity index is 518. The number of hydrogen-bond donors (Lipinski definition) is 0. The minimum Gasteiger partial charge on any atom is -0.493 e. The van der Waals surface area contributed by atoms with Crippen LogP contribution in [0.4, 0.5) is 0 Å². The van der Waals surface area contributed by atoms with Crippen molar-refractivity contribution in [2.24, 2.45) is 0 Å². The van der Waals surface area contributed by atoms with Crippen molar-refractivity contribution in [1.82, 2.24) is 0 Å². The van der Waals surface area contributed by atoms with Crippen molar-refractivity contribution in [2.45, 2.75) is 98.8 Å². The van der Waals surface area contributed by atoms with Gasteiger partial charge in [0, 0.05) is 11.1 Å². The molecule has 1 heteroatoms. The Morgan fingerprint density at radius 3 is 1.74 bits per heavy atom. The Morgan fingerprint density at radius 2 is 1.35 bits per heavy atom. The molecule has 0 aromatic heterocycles. The first-order valence-electron chi connectivity index (χ1n) is 9.46. The summed E-state index contributed by atoms with van der Waals surface area (Å²) >= 11 is 0. The smallest absolute Gasteiger partial charge is 0.127 e. The van der Waals surface area contributed by atoms with E-state index in [-0.39, 0.29) is 10.8 Å². The maximum atomic E-state index is 6.31. The van der Waals surface area contributed by atoms with E-state index in [0.29, 0.717) is 0 Å². The van der Waals surface area contributed by atoms with Crippen LogP contribution in [-0.4, -0.2) is 6.61 Å². The van der Waals surface area contributed by atoms with Crippen molar-refractivity contribution in [2.75, 3.05) is 6.61 Å². The van der Waals surface area contributed by atoms with Gasteiger partial charge in [-0.25, -0.2) is 0 Å². The molecule has 0 amide bonds. The summed E-state index contributed by atoms with van der Waals surface area (Å²) in [5.74, 6) is 1.18. The molecule has 0 aliphatic heterocycles. The third-order valence-corrected chi connectivity index (χ3v) is 4.80. The van der Waals surface area contributed by atoms with Gasteiger partial charge in [0.25, 0.3) is 0 Å². The minimum atomic E-state index is 0.0964. The van der Waals surface area contributed by atoms with Crippen LogP contribution < -0.4 is 4.74 Å². The Morgan fingerprint density at radius 1 is 0.826 bits per heavy atom. The van der Waals surface area contributed by atoms with Gasteiger partial charge in [-0.1, -0.05) is 67.9 Å². The zero-order valence-corrected chi connectivity index (χ0v) is 17.0. The molecule has 0 saturated heterocycles. The zero-order chi connectivity index (χ0) is 17.8. The maximum Gasteiger partial charge on any atom is 0.127 e. The lowest BCUT2D eigenvalue weighted by atomic mass is 9.72. The fraction of sp³-hybridized carbons (Fsp3) is 0.727. The highest BCUT2D eigenvalue weighted by atomic mass is 16.5. The third kappa shape index (κ3) is 4.31. The molecule has 0 radical (unpaired) electrons. The van der Waals surface area contributed by atoms with Crippen LogP contribution in [-0.2, 0) is 23.7 Å². The molecule has 0 aliphatic carbocycles. The van der Waals surface area contributed by atoms with Crippen LogP contribution in [0.2, 0.25) is 0 Å².